The van der Waals surface area contributed by atoms with Gasteiger partial charge in [-0.3, -0.25) is 9.59 Å². The highest BCUT2D eigenvalue weighted by Gasteiger charge is 2.09. The molecular formula is C32H27N3O3S2. The number of nitrogens with one attached hydrogen (secondary N) is 2. The van der Waals surface area contributed by atoms with Crippen molar-refractivity contribution in [3.05, 3.63) is 120 Å². The van der Waals surface area contributed by atoms with Crippen LogP contribution in [0.5, 0.6) is 5.75 Å². The monoisotopic (exact) mass is 565 g/mol. The summed E-state index contributed by atoms with van der Waals surface area (Å²) < 4.78 is 7.39. The smallest absolute Gasteiger partial charge is 0.255 e. The minimum atomic E-state index is -0.182. The van der Waals surface area contributed by atoms with Crippen molar-refractivity contribution in [1.29, 1.82) is 0 Å². The number of thiazole rings is 1. The Morgan fingerprint density at radius 1 is 0.900 bits per heavy atom. The van der Waals surface area contributed by atoms with Crippen molar-refractivity contribution >= 4 is 62.6 Å². The Labute approximate surface area is 241 Å². The molecule has 0 aliphatic carbocycles. The number of anilines is 2. The molecule has 0 bridgehead atoms. The van der Waals surface area contributed by atoms with Gasteiger partial charge in [0.2, 0.25) is 5.91 Å². The van der Waals surface area contributed by atoms with Crippen LogP contribution in [0.1, 0.15) is 28.4 Å². The van der Waals surface area contributed by atoms with Crippen LogP contribution in [0.3, 0.4) is 0 Å². The Morgan fingerprint density at radius 2 is 1.65 bits per heavy atom. The summed E-state index contributed by atoms with van der Waals surface area (Å²) in [5.74, 6) is 1.16. The van der Waals surface area contributed by atoms with E-state index in [1.54, 1.807) is 29.2 Å². The number of thioether (sulfide) groups is 1. The van der Waals surface area contributed by atoms with Crippen LogP contribution < -0.4 is 15.4 Å². The maximum Gasteiger partial charge on any atom is 0.255 e. The highest BCUT2D eigenvalue weighted by atomic mass is 32.2. The highest BCUT2D eigenvalue weighted by molar-refractivity contribution is 8.00. The molecule has 0 saturated carbocycles. The quantitative estimate of drug-likeness (QED) is 0.133. The summed E-state index contributed by atoms with van der Waals surface area (Å²) >= 11 is 3.23. The maximum atomic E-state index is 12.6. The van der Waals surface area contributed by atoms with Crippen molar-refractivity contribution in [3.8, 4) is 5.75 Å². The third-order valence-electron chi connectivity index (χ3n) is 5.86. The second-order valence-electron chi connectivity index (χ2n) is 8.79. The Balaban J connectivity index is 1.14. The second-order valence-corrected chi connectivity index (χ2v) is 11.0. The van der Waals surface area contributed by atoms with E-state index >= 15 is 0 Å². The van der Waals surface area contributed by atoms with Crippen LogP contribution in [0, 0.1) is 0 Å². The average molecular weight is 566 g/mol. The first-order valence-corrected chi connectivity index (χ1v) is 14.6. The molecule has 2 amide bonds. The number of amides is 2. The molecule has 5 aromatic rings. The topological polar surface area (TPSA) is 80.3 Å². The molecule has 200 valence electrons. The molecule has 1 aromatic heterocycles. The standard InChI is InChI=1S/C32H27N3O3S2/c1-2-38-27-16-13-25(14-17-27)34-31(37)24-11-8-23(9-12-24)21-39-32-35-28-18-15-26(20-29(28)40-32)33-30(36)19-10-22-6-4-3-5-7-22/h3-20H,2,21H2,1H3,(H,33,36)(H,34,37)/b19-10+. The van der Waals surface area contributed by atoms with Gasteiger partial charge >= 0.3 is 0 Å². The Hall–Kier alpha value is -4.40. The van der Waals surface area contributed by atoms with E-state index in [-0.39, 0.29) is 11.8 Å². The number of ether oxygens (including phenoxy) is 1. The lowest BCUT2D eigenvalue weighted by Gasteiger charge is -2.08. The molecule has 40 heavy (non-hydrogen) atoms. The van der Waals surface area contributed by atoms with E-state index < -0.39 is 0 Å². The number of carbonyl (C=O) groups is 2. The fourth-order valence-corrected chi connectivity index (χ4v) is 5.93. The van der Waals surface area contributed by atoms with Gasteiger partial charge in [0.05, 0.1) is 16.8 Å². The van der Waals surface area contributed by atoms with E-state index in [9.17, 15) is 9.59 Å². The summed E-state index contributed by atoms with van der Waals surface area (Å²) in [5, 5.41) is 5.83. The van der Waals surface area contributed by atoms with Crippen LogP contribution in [-0.4, -0.2) is 23.4 Å². The number of benzene rings is 4. The average Bonchev–Trinajstić information content (AvgIpc) is 3.39. The summed E-state index contributed by atoms with van der Waals surface area (Å²) in [5.41, 5.74) is 5.01. The summed E-state index contributed by atoms with van der Waals surface area (Å²) in [6.45, 7) is 2.53. The number of carbonyl (C=O) groups excluding carboxylic acids is 2. The second kappa shape index (κ2) is 13.1. The van der Waals surface area contributed by atoms with Crippen molar-refractivity contribution in [2.75, 3.05) is 17.2 Å². The Kier molecular flexibility index (Phi) is 8.90. The van der Waals surface area contributed by atoms with Crippen LogP contribution in [0.25, 0.3) is 16.3 Å². The highest BCUT2D eigenvalue weighted by Crippen LogP contribution is 2.33. The van der Waals surface area contributed by atoms with Crippen molar-refractivity contribution in [2.24, 2.45) is 0 Å². The Morgan fingerprint density at radius 3 is 2.40 bits per heavy atom. The SMILES string of the molecule is CCOc1ccc(NC(=O)c2ccc(CSc3nc4ccc(NC(=O)/C=C/c5ccccc5)cc4s3)cc2)cc1. The summed E-state index contributed by atoms with van der Waals surface area (Å²) in [6.07, 6.45) is 3.32. The van der Waals surface area contributed by atoms with Crippen molar-refractivity contribution in [3.63, 3.8) is 0 Å². The molecule has 0 unspecified atom stereocenters. The minimum absolute atomic E-state index is 0.159. The predicted octanol–water partition coefficient (Wildman–Crippen LogP) is 7.89. The van der Waals surface area contributed by atoms with E-state index in [0.717, 1.165) is 48.6 Å². The maximum absolute atomic E-state index is 12.6. The zero-order valence-electron chi connectivity index (χ0n) is 21.8. The number of rotatable bonds is 10. The zero-order valence-corrected chi connectivity index (χ0v) is 23.4. The van der Waals surface area contributed by atoms with Gasteiger partial charge in [-0.1, -0.05) is 54.2 Å². The molecule has 1 heterocycles. The minimum Gasteiger partial charge on any atom is -0.494 e. The molecule has 0 atom stereocenters. The van der Waals surface area contributed by atoms with Crippen LogP contribution in [0.4, 0.5) is 11.4 Å². The van der Waals surface area contributed by atoms with Gasteiger partial charge in [0.1, 0.15) is 5.75 Å². The van der Waals surface area contributed by atoms with Crippen LogP contribution in [-0.2, 0) is 10.5 Å². The lowest BCUT2D eigenvalue weighted by atomic mass is 10.1. The molecule has 0 spiro atoms. The molecule has 4 aromatic carbocycles. The third kappa shape index (κ3) is 7.37. The molecule has 0 radical (unpaired) electrons. The lowest BCUT2D eigenvalue weighted by molar-refractivity contribution is -0.111. The number of hydrogen-bond donors (Lipinski definition) is 2. The van der Waals surface area contributed by atoms with Gasteiger partial charge in [-0.05, 0) is 78.7 Å². The molecule has 8 heteroatoms. The van der Waals surface area contributed by atoms with Crippen LogP contribution >= 0.6 is 23.1 Å². The lowest BCUT2D eigenvalue weighted by Crippen LogP contribution is -2.11. The van der Waals surface area contributed by atoms with Gasteiger partial charge in [-0.2, -0.15) is 0 Å². The number of aromatic nitrogens is 1. The fraction of sp³-hybridized carbons (Fsp3) is 0.0938. The zero-order chi connectivity index (χ0) is 27.7. The molecule has 6 nitrogen and oxygen atoms in total. The van der Waals surface area contributed by atoms with Gasteiger partial charge in [-0.15, -0.1) is 11.3 Å². The number of nitrogens with zero attached hydrogens (tertiary/aromatic N) is 1. The summed E-state index contributed by atoms with van der Waals surface area (Å²) in [7, 11) is 0. The first-order chi connectivity index (χ1) is 19.6. The predicted molar refractivity (Wildman–Crippen MR) is 165 cm³/mol. The summed E-state index contributed by atoms with van der Waals surface area (Å²) in [4.78, 5) is 29.7. The van der Waals surface area contributed by atoms with Crippen LogP contribution in [0.15, 0.2) is 107 Å². The molecule has 0 aliphatic rings. The van der Waals surface area contributed by atoms with Crippen molar-refractivity contribution in [2.45, 2.75) is 17.0 Å². The Bertz CT molecular complexity index is 1630. The van der Waals surface area contributed by atoms with Gasteiger partial charge in [0, 0.05) is 28.8 Å². The number of fused-ring (bicyclic) bond motifs is 1. The van der Waals surface area contributed by atoms with E-state index in [4.69, 9.17) is 9.72 Å². The fourth-order valence-electron chi connectivity index (χ4n) is 3.86. The summed E-state index contributed by atoms with van der Waals surface area (Å²) in [6, 6.07) is 30.3. The number of hydrogen-bond acceptors (Lipinski definition) is 6. The van der Waals surface area contributed by atoms with E-state index in [2.05, 4.69) is 10.6 Å². The molecule has 0 saturated heterocycles. The first kappa shape index (κ1) is 27.2. The van der Waals surface area contributed by atoms with Crippen molar-refractivity contribution in [1.82, 2.24) is 4.98 Å². The van der Waals surface area contributed by atoms with Gasteiger partial charge < -0.3 is 15.4 Å². The van der Waals surface area contributed by atoms with Crippen LogP contribution in [0.2, 0.25) is 0 Å². The van der Waals surface area contributed by atoms with E-state index in [0.29, 0.717) is 12.2 Å². The largest absolute Gasteiger partial charge is 0.494 e. The van der Waals surface area contributed by atoms with Gasteiger partial charge in [0.25, 0.3) is 5.91 Å². The third-order valence-corrected chi connectivity index (χ3v) is 8.10. The van der Waals surface area contributed by atoms with E-state index in [1.165, 1.54) is 6.08 Å². The molecule has 5 rings (SSSR count). The molecular weight excluding hydrogens is 539 g/mol. The van der Waals surface area contributed by atoms with Crippen molar-refractivity contribution < 1.29 is 14.3 Å². The van der Waals surface area contributed by atoms with Gasteiger partial charge in [0.15, 0.2) is 4.34 Å². The normalized spacial score (nSPS) is 11.0. The van der Waals surface area contributed by atoms with E-state index in [1.807, 2.05) is 104 Å². The van der Waals surface area contributed by atoms with Gasteiger partial charge in [-0.25, -0.2) is 4.98 Å². The molecule has 2 N–H and O–H groups in total. The first-order valence-electron chi connectivity index (χ1n) is 12.8. The molecule has 0 fully saturated rings. The molecule has 0 aliphatic heterocycles.